The van der Waals surface area contributed by atoms with E-state index in [9.17, 15) is 9.59 Å². The first kappa shape index (κ1) is 30.9. The molecule has 2 unspecified atom stereocenters. The fraction of sp³-hybridized carbons (Fsp3) is 0.324. The number of nitrogens with zero attached hydrogens (tertiary/aromatic N) is 6. The van der Waals surface area contributed by atoms with Crippen LogP contribution >= 0.6 is 11.6 Å². The molecule has 1 amide bonds. The second-order valence-corrected chi connectivity index (χ2v) is 11.8. The molecule has 1 aliphatic rings. The summed E-state index contributed by atoms with van der Waals surface area (Å²) in [5, 5.41) is 0.711. The second kappa shape index (κ2) is 12.2. The Kier molecular flexibility index (Phi) is 8.57. The molecule has 4 aromatic rings. The van der Waals surface area contributed by atoms with Gasteiger partial charge >= 0.3 is 5.69 Å². The minimum atomic E-state index is -0.554. The molecular weight excluding hydrogens is 579 g/mol. The van der Waals surface area contributed by atoms with Crippen molar-refractivity contribution in [1.82, 2.24) is 24.4 Å². The van der Waals surface area contributed by atoms with Gasteiger partial charge in [0.2, 0.25) is 5.91 Å². The van der Waals surface area contributed by atoms with Crippen molar-refractivity contribution in [3.05, 3.63) is 87.3 Å². The molecule has 226 valence electrons. The lowest BCUT2D eigenvalue weighted by Gasteiger charge is -2.44. The number of aryl methyl sites for hydroxylation is 1. The molecule has 1 fully saturated rings. The maximum Gasteiger partial charge on any atom is 0.355 e. The summed E-state index contributed by atoms with van der Waals surface area (Å²) in [6.45, 7) is 16.0. The number of carbonyl (C=O) groups excluding carboxylic acids is 1. The van der Waals surface area contributed by atoms with Gasteiger partial charge in [0.05, 0.1) is 27.5 Å². The predicted octanol–water partition coefficient (Wildman–Crippen LogP) is 6.05. The summed E-state index contributed by atoms with van der Waals surface area (Å²) in [4.78, 5) is 44.5. The van der Waals surface area contributed by atoms with Crippen LogP contribution in [0.25, 0.3) is 28.0 Å². The van der Waals surface area contributed by atoms with Crippen LogP contribution in [0.3, 0.4) is 0 Å². The van der Waals surface area contributed by atoms with Gasteiger partial charge in [0.25, 0.3) is 0 Å². The maximum atomic E-state index is 15.3. The van der Waals surface area contributed by atoms with Gasteiger partial charge in [0.1, 0.15) is 11.6 Å². The topological polar surface area (TPSA) is 84.2 Å². The van der Waals surface area contributed by atoms with Crippen molar-refractivity contribution < 1.29 is 9.18 Å². The van der Waals surface area contributed by atoms with E-state index in [0.717, 1.165) is 5.56 Å². The number of pyridine rings is 2. The van der Waals surface area contributed by atoms with Crippen molar-refractivity contribution in [3.63, 3.8) is 0 Å². The number of benzene rings is 1. The van der Waals surface area contributed by atoms with E-state index >= 15 is 4.39 Å². The van der Waals surface area contributed by atoms with Crippen LogP contribution in [0.2, 0.25) is 5.02 Å². The summed E-state index contributed by atoms with van der Waals surface area (Å²) in [5.41, 5.74) is 2.75. The third-order valence-corrected chi connectivity index (χ3v) is 8.22. The van der Waals surface area contributed by atoms with E-state index in [4.69, 9.17) is 16.6 Å². The fourth-order valence-corrected chi connectivity index (χ4v) is 6.03. The first-order chi connectivity index (χ1) is 21.0. The predicted molar refractivity (Wildman–Crippen MR) is 173 cm³/mol. The Bertz CT molecular complexity index is 1930. The Labute approximate surface area is 261 Å². The monoisotopic (exact) mass is 612 g/mol. The van der Waals surface area contributed by atoms with Gasteiger partial charge in [-0.05, 0) is 75.6 Å². The summed E-state index contributed by atoms with van der Waals surface area (Å²) in [6, 6.07) is 7.68. The van der Waals surface area contributed by atoms with E-state index in [-0.39, 0.29) is 45.8 Å². The summed E-state index contributed by atoms with van der Waals surface area (Å²) in [6.07, 6.45) is 3.02. The second-order valence-electron chi connectivity index (χ2n) is 11.4. The fourth-order valence-electron chi connectivity index (χ4n) is 5.77. The van der Waals surface area contributed by atoms with E-state index in [1.54, 1.807) is 36.2 Å². The van der Waals surface area contributed by atoms with Gasteiger partial charge in [-0.3, -0.25) is 9.78 Å². The highest BCUT2D eigenvalue weighted by molar-refractivity contribution is 6.34. The zero-order valence-corrected chi connectivity index (χ0v) is 26.4. The molecule has 0 bridgehead atoms. The lowest BCUT2D eigenvalue weighted by molar-refractivity contribution is -0.128. The molecule has 1 aromatic carbocycles. The van der Waals surface area contributed by atoms with E-state index in [0.29, 0.717) is 41.2 Å². The molecular formula is C34H34ClFN6O2. The Hall–Kier alpha value is -4.55. The molecule has 8 nitrogen and oxygen atoms in total. The van der Waals surface area contributed by atoms with Gasteiger partial charge in [-0.15, -0.1) is 5.92 Å². The van der Waals surface area contributed by atoms with Gasteiger partial charge in [-0.25, -0.2) is 18.7 Å². The van der Waals surface area contributed by atoms with Crippen LogP contribution < -0.4 is 10.6 Å². The molecule has 0 N–H and O–H groups in total. The highest BCUT2D eigenvalue weighted by atomic mass is 35.5. The molecule has 0 aliphatic carbocycles. The van der Waals surface area contributed by atoms with Crippen LogP contribution in [0.1, 0.15) is 57.4 Å². The smallest absolute Gasteiger partial charge is 0.349 e. The molecule has 44 heavy (non-hydrogen) atoms. The van der Waals surface area contributed by atoms with E-state index in [1.165, 1.54) is 16.7 Å². The highest BCUT2D eigenvalue weighted by Crippen LogP contribution is 2.37. The highest BCUT2D eigenvalue weighted by Gasteiger charge is 2.34. The van der Waals surface area contributed by atoms with Crippen LogP contribution in [-0.2, 0) is 4.79 Å². The van der Waals surface area contributed by atoms with Crippen LogP contribution in [0.5, 0.6) is 0 Å². The summed E-state index contributed by atoms with van der Waals surface area (Å²) < 4.78 is 16.8. The number of hydrogen-bond acceptors (Lipinski definition) is 6. The van der Waals surface area contributed by atoms with Crippen LogP contribution in [0.15, 0.2) is 54.0 Å². The average molecular weight is 613 g/mol. The number of piperazine rings is 1. The van der Waals surface area contributed by atoms with Crippen molar-refractivity contribution in [3.8, 4) is 28.8 Å². The average Bonchev–Trinajstić information content (AvgIpc) is 2.98. The molecule has 10 heteroatoms. The number of carbonyl (C=O) groups is 1. The zero-order chi connectivity index (χ0) is 31.9. The molecule has 3 aromatic heterocycles. The number of amides is 1. The lowest BCUT2D eigenvalue weighted by atomic mass is 10.0. The molecule has 0 spiro atoms. The minimum absolute atomic E-state index is 0.0172. The summed E-state index contributed by atoms with van der Waals surface area (Å²) >= 11 is 6.87. The standard InChI is InChI=1S/C34H34ClFN6O2/c1-8-10-23-11-12-27(36)24(15-23)30-26(35)16-25-32(41-18-21(6)40(17-22(41)7)28(43)9-2)39-34(44)42(33(25)38-30)31-20(5)13-14-37-29(31)19(3)4/h9,11-16,19,21-22H,2,17-18H2,1,3-7H3. The van der Waals surface area contributed by atoms with Crippen LogP contribution in [0.4, 0.5) is 10.2 Å². The van der Waals surface area contributed by atoms with Crippen molar-refractivity contribution in [1.29, 1.82) is 0 Å². The quantitative estimate of drug-likeness (QED) is 0.202. The molecule has 1 saturated heterocycles. The zero-order valence-electron chi connectivity index (χ0n) is 25.7. The van der Waals surface area contributed by atoms with E-state index in [1.807, 2.05) is 45.6 Å². The normalized spacial score (nSPS) is 16.7. The third kappa shape index (κ3) is 5.46. The Balaban J connectivity index is 1.84. The number of anilines is 1. The first-order valence-electron chi connectivity index (χ1n) is 14.5. The molecule has 1 aliphatic heterocycles. The van der Waals surface area contributed by atoms with E-state index < -0.39 is 11.5 Å². The maximum absolute atomic E-state index is 15.3. The van der Waals surface area contributed by atoms with Gasteiger partial charge in [0, 0.05) is 42.5 Å². The first-order valence-corrected chi connectivity index (χ1v) is 14.9. The molecule has 0 radical (unpaired) electrons. The van der Waals surface area contributed by atoms with Crippen molar-refractivity contribution >= 4 is 34.4 Å². The summed E-state index contributed by atoms with van der Waals surface area (Å²) in [7, 11) is 0. The summed E-state index contributed by atoms with van der Waals surface area (Å²) in [5.74, 6) is 5.48. The molecule has 0 saturated carbocycles. The van der Waals surface area contributed by atoms with Crippen molar-refractivity contribution in [2.24, 2.45) is 0 Å². The molecule has 5 rings (SSSR count). The van der Waals surface area contributed by atoms with E-state index in [2.05, 4.69) is 28.4 Å². The number of rotatable bonds is 5. The third-order valence-electron chi connectivity index (χ3n) is 7.93. The number of fused-ring (bicyclic) bond motifs is 1. The number of halogens is 2. The SMILES string of the molecule is C=CC(=O)N1CC(C)N(c2nc(=O)n(-c3c(C)ccnc3C(C)C)c3nc(-c4cc(C#CC)ccc4F)c(Cl)cc23)CC1C. The largest absolute Gasteiger partial charge is 0.355 e. The number of aromatic nitrogens is 4. The lowest BCUT2D eigenvalue weighted by Crippen LogP contribution is -2.58. The van der Waals surface area contributed by atoms with Gasteiger partial charge in [-0.1, -0.05) is 37.9 Å². The Morgan fingerprint density at radius 1 is 1.16 bits per heavy atom. The van der Waals surface area contributed by atoms with Gasteiger partial charge in [0.15, 0.2) is 5.65 Å². The Morgan fingerprint density at radius 3 is 2.59 bits per heavy atom. The van der Waals surface area contributed by atoms with Crippen molar-refractivity contribution in [2.75, 3.05) is 18.0 Å². The Morgan fingerprint density at radius 2 is 1.91 bits per heavy atom. The van der Waals surface area contributed by atoms with Crippen LogP contribution in [0, 0.1) is 24.6 Å². The van der Waals surface area contributed by atoms with Gasteiger partial charge in [-0.2, -0.15) is 4.98 Å². The van der Waals surface area contributed by atoms with Crippen LogP contribution in [-0.4, -0.2) is 55.5 Å². The van der Waals surface area contributed by atoms with Gasteiger partial charge < -0.3 is 9.80 Å². The minimum Gasteiger partial charge on any atom is -0.349 e. The van der Waals surface area contributed by atoms with Crippen molar-refractivity contribution in [2.45, 2.75) is 59.5 Å². The molecule has 2 atom stereocenters. The number of hydrogen-bond donors (Lipinski definition) is 0. The molecule has 4 heterocycles.